The average Bonchev–Trinajstić information content (AvgIpc) is 2.62. The van der Waals surface area contributed by atoms with Crippen LogP contribution in [0.25, 0.3) is 0 Å². The van der Waals surface area contributed by atoms with Crippen molar-refractivity contribution in [2.75, 3.05) is 7.05 Å². The first kappa shape index (κ1) is 29.4. The quantitative estimate of drug-likeness (QED) is 0.450. The van der Waals surface area contributed by atoms with Gasteiger partial charge in [0.25, 0.3) is 0 Å². The predicted molar refractivity (Wildman–Crippen MR) is 134 cm³/mol. The third kappa shape index (κ3) is 18.0. The average molecular weight is 401 g/mol. The molecule has 0 amide bonds. The SMILES string of the molecule is C=C(C)C(C)(C)NC.C=C(N)C(C)CCCc1ccccc1.C=CCC(C)(C)C. The van der Waals surface area contributed by atoms with Gasteiger partial charge in [-0.15, -0.1) is 6.58 Å². The van der Waals surface area contributed by atoms with E-state index in [1.165, 1.54) is 17.6 Å². The minimum absolute atomic E-state index is 0.0972. The molecule has 0 radical (unpaired) electrons. The van der Waals surface area contributed by atoms with Crippen LogP contribution in [0.3, 0.4) is 0 Å². The Morgan fingerprint density at radius 1 is 1.10 bits per heavy atom. The summed E-state index contributed by atoms with van der Waals surface area (Å²) < 4.78 is 0. The molecule has 0 spiro atoms. The summed E-state index contributed by atoms with van der Waals surface area (Å²) >= 11 is 0. The molecule has 1 rings (SSSR count). The van der Waals surface area contributed by atoms with Gasteiger partial charge in [0.2, 0.25) is 0 Å². The van der Waals surface area contributed by atoms with E-state index in [0.717, 1.165) is 25.0 Å². The minimum atomic E-state index is 0.0972. The first-order valence-corrected chi connectivity index (χ1v) is 10.7. The van der Waals surface area contributed by atoms with Gasteiger partial charge in [0.05, 0.1) is 0 Å². The second-order valence-corrected chi connectivity index (χ2v) is 9.56. The van der Waals surface area contributed by atoms with Gasteiger partial charge in [0, 0.05) is 11.2 Å². The van der Waals surface area contributed by atoms with Crippen molar-refractivity contribution < 1.29 is 0 Å². The summed E-state index contributed by atoms with van der Waals surface area (Å²) in [5.41, 5.74) is 9.53. The lowest BCUT2D eigenvalue weighted by Crippen LogP contribution is -2.36. The second kappa shape index (κ2) is 15.1. The Morgan fingerprint density at radius 2 is 1.62 bits per heavy atom. The van der Waals surface area contributed by atoms with Gasteiger partial charge in [-0.25, -0.2) is 0 Å². The monoisotopic (exact) mass is 400 g/mol. The summed E-state index contributed by atoms with van der Waals surface area (Å²) in [4.78, 5) is 0. The Labute approximate surface area is 182 Å². The first-order chi connectivity index (χ1) is 13.3. The lowest BCUT2D eigenvalue weighted by atomic mass is 9.93. The zero-order chi connectivity index (χ0) is 23.1. The van der Waals surface area contributed by atoms with Crippen molar-refractivity contribution in [3.63, 3.8) is 0 Å². The summed E-state index contributed by atoms with van der Waals surface area (Å²) in [5, 5.41) is 3.14. The van der Waals surface area contributed by atoms with Gasteiger partial charge in [-0.3, -0.25) is 0 Å². The predicted octanol–water partition coefficient (Wildman–Crippen LogP) is 7.29. The normalized spacial score (nSPS) is 11.9. The number of hydrogen-bond donors (Lipinski definition) is 2. The largest absolute Gasteiger partial charge is 0.402 e. The molecule has 1 unspecified atom stereocenters. The maximum atomic E-state index is 5.62. The Bertz CT molecular complexity index is 576. The third-order valence-corrected chi connectivity index (χ3v) is 5.03. The van der Waals surface area contributed by atoms with E-state index in [4.69, 9.17) is 5.73 Å². The fraction of sp³-hybridized carbons (Fsp3) is 0.556. The van der Waals surface area contributed by atoms with Crippen LogP contribution in [0.1, 0.15) is 73.3 Å². The number of nitrogens with one attached hydrogen (secondary N) is 1. The molecule has 1 aromatic rings. The topological polar surface area (TPSA) is 38.0 Å². The summed E-state index contributed by atoms with van der Waals surface area (Å²) in [6.07, 6.45) is 6.51. The molecule has 166 valence electrons. The highest BCUT2D eigenvalue weighted by molar-refractivity contribution is 5.14. The highest BCUT2D eigenvalue weighted by Gasteiger charge is 2.13. The molecular formula is C27H48N2. The Balaban J connectivity index is 0. The fourth-order valence-electron chi connectivity index (χ4n) is 2.09. The smallest absolute Gasteiger partial charge is 0.0328 e. The zero-order valence-corrected chi connectivity index (χ0v) is 20.6. The molecule has 29 heavy (non-hydrogen) atoms. The Kier molecular flexibility index (Phi) is 15.3. The van der Waals surface area contributed by atoms with Gasteiger partial charge in [0.1, 0.15) is 0 Å². The molecule has 0 saturated carbocycles. The van der Waals surface area contributed by atoms with Crippen LogP contribution in [0.2, 0.25) is 0 Å². The van der Waals surface area contributed by atoms with E-state index in [1.807, 2.05) is 26.1 Å². The standard InChI is InChI=1S/C13H19N.C7H15N.C7H14/c1-11(12(2)14)7-6-10-13-8-4-3-5-9-13;1-6(2)7(3,4)8-5;1-5-6-7(2,3)4/h3-5,8-9,11H,2,6-7,10,14H2,1H3;8H,1H2,2-5H3;5H,1,6H2,2-4H3. The summed E-state index contributed by atoms with van der Waals surface area (Å²) in [7, 11) is 1.94. The molecule has 0 aliphatic carbocycles. The molecule has 0 saturated heterocycles. The van der Waals surface area contributed by atoms with Gasteiger partial charge in [-0.2, -0.15) is 0 Å². The van der Waals surface area contributed by atoms with E-state index in [9.17, 15) is 0 Å². The fourth-order valence-corrected chi connectivity index (χ4v) is 2.09. The molecule has 0 aromatic heterocycles. The number of rotatable bonds is 8. The molecule has 3 N–H and O–H groups in total. The number of allylic oxidation sites excluding steroid dienone is 2. The van der Waals surface area contributed by atoms with Gasteiger partial charge in [-0.05, 0) is 70.4 Å². The van der Waals surface area contributed by atoms with Crippen LogP contribution in [-0.2, 0) is 6.42 Å². The Morgan fingerprint density at radius 3 is 1.90 bits per heavy atom. The van der Waals surface area contributed by atoms with Gasteiger partial charge in [0.15, 0.2) is 0 Å². The van der Waals surface area contributed by atoms with Crippen LogP contribution >= 0.6 is 0 Å². The summed E-state index contributed by atoms with van der Waals surface area (Å²) in [6.45, 7) is 26.2. The molecule has 0 aliphatic rings. The highest BCUT2D eigenvalue weighted by Crippen LogP contribution is 2.17. The molecule has 0 heterocycles. The van der Waals surface area contributed by atoms with E-state index in [-0.39, 0.29) is 5.54 Å². The van der Waals surface area contributed by atoms with Crippen molar-refractivity contribution in [3.05, 3.63) is 73.0 Å². The maximum absolute atomic E-state index is 5.62. The van der Waals surface area contributed by atoms with Crippen LogP contribution in [0, 0.1) is 11.3 Å². The van der Waals surface area contributed by atoms with E-state index in [1.54, 1.807) is 0 Å². The minimum Gasteiger partial charge on any atom is -0.402 e. The van der Waals surface area contributed by atoms with Crippen LogP contribution in [-0.4, -0.2) is 12.6 Å². The molecule has 2 nitrogen and oxygen atoms in total. The Hall–Kier alpha value is -1.80. The van der Waals surface area contributed by atoms with Crippen molar-refractivity contribution in [1.29, 1.82) is 0 Å². The van der Waals surface area contributed by atoms with Crippen molar-refractivity contribution in [3.8, 4) is 0 Å². The molecule has 0 aliphatic heterocycles. The van der Waals surface area contributed by atoms with Crippen molar-refractivity contribution >= 4 is 0 Å². The number of nitrogens with two attached hydrogens (primary N) is 1. The first-order valence-electron chi connectivity index (χ1n) is 10.7. The van der Waals surface area contributed by atoms with Crippen molar-refractivity contribution in [2.45, 2.75) is 79.7 Å². The van der Waals surface area contributed by atoms with Gasteiger partial charge < -0.3 is 11.1 Å². The number of aryl methyl sites for hydroxylation is 1. The lowest BCUT2D eigenvalue weighted by molar-refractivity contribution is 0.421. The summed E-state index contributed by atoms with van der Waals surface area (Å²) in [6, 6.07) is 10.6. The van der Waals surface area contributed by atoms with Gasteiger partial charge >= 0.3 is 0 Å². The maximum Gasteiger partial charge on any atom is 0.0328 e. The van der Waals surface area contributed by atoms with Gasteiger partial charge in [-0.1, -0.05) is 82.8 Å². The zero-order valence-electron chi connectivity index (χ0n) is 20.6. The van der Waals surface area contributed by atoms with E-state index in [2.05, 4.69) is 90.9 Å². The molecule has 0 bridgehead atoms. The highest BCUT2D eigenvalue weighted by atomic mass is 14.9. The summed E-state index contributed by atoms with van der Waals surface area (Å²) in [5.74, 6) is 0.443. The van der Waals surface area contributed by atoms with Crippen LogP contribution in [0.15, 0.2) is 67.4 Å². The molecule has 1 aromatic carbocycles. The van der Waals surface area contributed by atoms with Crippen LogP contribution in [0.4, 0.5) is 0 Å². The number of hydrogen-bond acceptors (Lipinski definition) is 2. The third-order valence-electron chi connectivity index (χ3n) is 5.03. The van der Waals surface area contributed by atoms with E-state index < -0.39 is 0 Å². The van der Waals surface area contributed by atoms with Crippen molar-refractivity contribution in [2.24, 2.45) is 17.1 Å². The number of benzene rings is 1. The van der Waals surface area contributed by atoms with E-state index in [0.29, 0.717) is 11.3 Å². The number of likely N-dealkylation sites (N-methyl/N-ethyl adjacent to an activating group) is 1. The molecule has 2 heteroatoms. The molecule has 0 fully saturated rings. The molecular weight excluding hydrogens is 352 g/mol. The van der Waals surface area contributed by atoms with E-state index >= 15 is 0 Å². The second-order valence-electron chi connectivity index (χ2n) is 9.56. The van der Waals surface area contributed by atoms with Crippen LogP contribution in [0.5, 0.6) is 0 Å². The molecule has 1 atom stereocenters. The lowest BCUT2D eigenvalue weighted by Gasteiger charge is -2.23. The van der Waals surface area contributed by atoms with Crippen molar-refractivity contribution in [1.82, 2.24) is 5.32 Å². The van der Waals surface area contributed by atoms with Crippen LogP contribution < -0.4 is 11.1 Å².